The molecule has 1 fully saturated rings. The number of hydrogen-bond donors (Lipinski definition) is 0. The van der Waals surface area contributed by atoms with Gasteiger partial charge in [0.2, 0.25) is 0 Å². The number of cyclic esters (lactones) is 2. The van der Waals surface area contributed by atoms with Gasteiger partial charge in [0.1, 0.15) is 19.3 Å². The van der Waals surface area contributed by atoms with E-state index in [9.17, 15) is 9.59 Å². The highest BCUT2D eigenvalue weighted by molar-refractivity contribution is 5.86. The summed E-state index contributed by atoms with van der Waals surface area (Å²) in [7, 11) is 1.44. The van der Waals surface area contributed by atoms with E-state index in [4.69, 9.17) is 14.2 Å². The van der Waals surface area contributed by atoms with Crippen LogP contribution in [0.4, 0.5) is 4.79 Å². The molecule has 1 aliphatic heterocycles. The summed E-state index contributed by atoms with van der Waals surface area (Å²) < 4.78 is 19.4. The Labute approximate surface area is 93.1 Å². The molecule has 0 aliphatic carbocycles. The first-order valence-corrected chi connectivity index (χ1v) is 4.73. The van der Waals surface area contributed by atoms with Crippen molar-refractivity contribution in [2.24, 2.45) is 0 Å². The van der Waals surface area contributed by atoms with Crippen molar-refractivity contribution in [1.82, 2.24) is 0 Å². The summed E-state index contributed by atoms with van der Waals surface area (Å²) in [4.78, 5) is 21.8. The fourth-order valence-corrected chi connectivity index (χ4v) is 1.13. The molecule has 1 rings (SSSR count). The first-order valence-electron chi connectivity index (χ1n) is 4.73. The fraction of sp³-hybridized carbons (Fsp3) is 0.600. The van der Waals surface area contributed by atoms with Crippen molar-refractivity contribution in [1.29, 1.82) is 0 Å². The predicted molar refractivity (Wildman–Crippen MR) is 52.8 cm³/mol. The second-order valence-corrected chi connectivity index (χ2v) is 3.37. The molecule has 0 radical (unpaired) electrons. The smallest absolute Gasteiger partial charge is 0.459 e. The molecule has 6 heteroatoms. The average Bonchev–Trinajstić information content (AvgIpc) is 2.65. The predicted octanol–water partition coefficient (Wildman–Crippen LogP) is 0.656. The Hall–Kier alpha value is -1.56. The number of carbonyl (C=O) groups excluding carboxylic acids is 2. The Morgan fingerprint density at radius 2 is 2.38 bits per heavy atom. The van der Waals surface area contributed by atoms with Crippen LogP contribution in [-0.2, 0) is 23.7 Å². The van der Waals surface area contributed by atoms with E-state index in [1.807, 2.05) is 0 Å². The molecule has 16 heavy (non-hydrogen) atoms. The Morgan fingerprint density at radius 3 is 2.81 bits per heavy atom. The van der Waals surface area contributed by atoms with E-state index in [1.54, 1.807) is 6.92 Å². The lowest BCUT2D eigenvalue weighted by Crippen LogP contribution is -2.35. The number of esters is 1. The summed E-state index contributed by atoms with van der Waals surface area (Å²) in [6.45, 7) is 5.08. The van der Waals surface area contributed by atoms with E-state index in [2.05, 4.69) is 11.3 Å². The van der Waals surface area contributed by atoms with Crippen LogP contribution < -0.4 is 0 Å². The largest absolute Gasteiger partial charge is 0.508 e. The van der Waals surface area contributed by atoms with Crippen molar-refractivity contribution in [3.8, 4) is 0 Å². The van der Waals surface area contributed by atoms with Gasteiger partial charge in [0.05, 0.1) is 0 Å². The second-order valence-electron chi connectivity index (χ2n) is 3.37. The van der Waals surface area contributed by atoms with Crippen LogP contribution in [-0.4, -0.2) is 44.7 Å². The topological polar surface area (TPSA) is 71.1 Å². The van der Waals surface area contributed by atoms with Crippen molar-refractivity contribution in [3.05, 3.63) is 12.2 Å². The van der Waals surface area contributed by atoms with Gasteiger partial charge in [-0.2, -0.15) is 0 Å². The number of carbonyl (C=O) groups is 2. The molecule has 0 bridgehead atoms. The standard InChI is InChI=1S/C10H14O6/c1-6(2)9(11)14-4-7(13-3)8-5-15-10(12)16-8/h7-8H,1,4-5H2,2-3H3. The van der Waals surface area contributed by atoms with E-state index in [0.717, 1.165) is 0 Å². The van der Waals surface area contributed by atoms with Crippen molar-refractivity contribution >= 4 is 12.1 Å². The third kappa shape index (κ3) is 3.23. The molecule has 0 amide bonds. The summed E-state index contributed by atoms with van der Waals surface area (Å²) in [6, 6.07) is 0. The minimum atomic E-state index is -0.738. The number of ether oxygens (including phenoxy) is 4. The number of methoxy groups -OCH3 is 1. The van der Waals surface area contributed by atoms with E-state index < -0.39 is 24.3 Å². The minimum Gasteiger partial charge on any atom is -0.459 e. The summed E-state index contributed by atoms with van der Waals surface area (Å²) >= 11 is 0. The molecule has 0 N–H and O–H groups in total. The number of rotatable bonds is 5. The summed E-state index contributed by atoms with van der Waals surface area (Å²) in [5.41, 5.74) is 0.300. The Balaban J connectivity index is 2.40. The van der Waals surface area contributed by atoms with Gasteiger partial charge in [-0.3, -0.25) is 0 Å². The lowest BCUT2D eigenvalue weighted by Gasteiger charge is -2.18. The van der Waals surface area contributed by atoms with Crippen molar-refractivity contribution in [2.75, 3.05) is 20.3 Å². The molecule has 0 aromatic heterocycles. The lowest BCUT2D eigenvalue weighted by molar-refractivity contribution is -0.144. The van der Waals surface area contributed by atoms with Crippen molar-refractivity contribution in [3.63, 3.8) is 0 Å². The van der Waals surface area contributed by atoms with Crippen LogP contribution in [0.1, 0.15) is 6.92 Å². The van der Waals surface area contributed by atoms with Crippen LogP contribution >= 0.6 is 0 Å². The van der Waals surface area contributed by atoms with Gasteiger partial charge in [-0.15, -0.1) is 0 Å². The third-order valence-corrected chi connectivity index (χ3v) is 2.06. The summed E-state index contributed by atoms with van der Waals surface area (Å²) in [5.74, 6) is -0.507. The van der Waals surface area contributed by atoms with Crippen LogP contribution in [0.15, 0.2) is 12.2 Å². The van der Waals surface area contributed by atoms with Gasteiger partial charge >= 0.3 is 12.1 Å². The molecule has 1 aliphatic rings. The molecular weight excluding hydrogens is 216 g/mol. The van der Waals surface area contributed by atoms with Gasteiger partial charge in [0.25, 0.3) is 0 Å². The second kappa shape index (κ2) is 5.50. The first-order chi connectivity index (χ1) is 7.54. The van der Waals surface area contributed by atoms with E-state index in [1.165, 1.54) is 7.11 Å². The SMILES string of the molecule is C=C(C)C(=O)OCC(OC)C1COC(=O)O1. The van der Waals surface area contributed by atoms with Gasteiger partial charge in [0.15, 0.2) is 6.10 Å². The average molecular weight is 230 g/mol. The lowest BCUT2D eigenvalue weighted by atomic mass is 10.2. The zero-order valence-corrected chi connectivity index (χ0v) is 9.23. The van der Waals surface area contributed by atoms with Crippen LogP contribution in [0.5, 0.6) is 0 Å². The molecule has 2 unspecified atom stereocenters. The molecule has 1 heterocycles. The monoisotopic (exact) mass is 230 g/mol. The molecule has 90 valence electrons. The van der Waals surface area contributed by atoms with Crippen LogP contribution in [0.25, 0.3) is 0 Å². The normalized spacial score (nSPS) is 20.9. The highest BCUT2D eigenvalue weighted by Crippen LogP contribution is 2.13. The zero-order valence-electron chi connectivity index (χ0n) is 9.23. The van der Waals surface area contributed by atoms with Gasteiger partial charge in [0, 0.05) is 12.7 Å². The molecule has 1 saturated heterocycles. The van der Waals surface area contributed by atoms with Crippen LogP contribution in [0.2, 0.25) is 0 Å². The van der Waals surface area contributed by atoms with Crippen LogP contribution in [0.3, 0.4) is 0 Å². The highest BCUT2D eigenvalue weighted by Gasteiger charge is 2.33. The molecule has 0 saturated carbocycles. The van der Waals surface area contributed by atoms with Gasteiger partial charge in [-0.05, 0) is 6.92 Å². The maximum atomic E-state index is 11.1. The maximum Gasteiger partial charge on any atom is 0.508 e. The summed E-state index contributed by atoms with van der Waals surface area (Å²) in [5, 5.41) is 0. The molecule has 0 aromatic carbocycles. The van der Waals surface area contributed by atoms with Crippen molar-refractivity contribution < 1.29 is 28.5 Å². The van der Waals surface area contributed by atoms with Gasteiger partial charge in [-0.25, -0.2) is 9.59 Å². The quantitative estimate of drug-likeness (QED) is 0.510. The van der Waals surface area contributed by atoms with E-state index >= 15 is 0 Å². The van der Waals surface area contributed by atoms with Gasteiger partial charge in [-0.1, -0.05) is 6.58 Å². The summed E-state index contributed by atoms with van der Waals surface area (Å²) in [6.07, 6.45) is -1.82. The first kappa shape index (κ1) is 12.5. The van der Waals surface area contributed by atoms with E-state index in [-0.39, 0.29) is 13.2 Å². The molecule has 6 nitrogen and oxygen atoms in total. The fourth-order valence-electron chi connectivity index (χ4n) is 1.13. The molecule has 2 atom stereocenters. The van der Waals surface area contributed by atoms with E-state index in [0.29, 0.717) is 5.57 Å². The maximum absolute atomic E-state index is 11.1. The molecular formula is C10H14O6. The Morgan fingerprint density at radius 1 is 1.69 bits per heavy atom. The Bertz CT molecular complexity index is 298. The molecule has 0 spiro atoms. The Kier molecular flexibility index (Phi) is 4.30. The molecule has 0 aromatic rings. The highest BCUT2D eigenvalue weighted by atomic mass is 16.8. The van der Waals surface area contributed by atoms with Crippen molar-refractivity contribution in [2.45, 2.75) is 19.1 Å². The third-order valence-electron chi connectivity index (χ3n) is 2.06. The number of hydrogen-bond acceptors (Lipinski definition) is 6. The van der Waals surface area contributed by atoms with Gasteiger partial charge < -0.3 is 18.9 Å². The zero-order chi connectivity index (χ0) is 12.1. The minimum absolute atomic E-state index is 0.0104. The van der Waals surface area contributed by atoms with Crippen LogP contribution in [0, 0.1) is 0 Å².